The van der Waals surface area contributed by atoms with Crippen molar-refractivity contribution in [2.75, 3.05) is 50.1 Å². The number of carbonyl (C=O) groups excluding carboxylic acids is 2. The maximum atomic E-state index is 13.8. The number of anilines is 2. The average Bonchev–Trinajstić information content (AvgIpc) is 3.67. The van der Waals surface area contributed by atoms with Crippen LogP contribution >= 0.6 is 0 Å². The fourth-order valence-electron chi connectivity index (χ4n) is 7.11. The van der Waals surface area contributed by atoms with Gasteiger partial charge in [-0.25, -0.2) is 18.4 Å². The number of Topliss-reactive ketones (excluding diaryl/α,β-unsaturated/α-hetero) is 1. The molecule has 0 radical (unpaired) electrons. The minimum Gasteiger partial charge on any atom is -0.496 e. The zero-order chi connectivity index (χ0) is 40.2. The SMILES string of the molecule is COc1cc(Cc2ncc3cc(-c4cc(C(=O)Nc5cc(C(C)(C)C)cc(NS(C)(=O)=O)c5OC)ccc4C)ccc3n2)ccc1C(=O)CCCN1CCCC1. The number of nitrogens with zero attached hydrogens (tertiary/aromatic N) is 3. The van der Waals surface area contributed by atoms with E-state index in [0.29, 0.717) is 41.2 Å². The summed E-state index contributed by atoms with van der Waals surface area (Å²) in [6.07, 6.45) is 7.17. The third-order valence-electron chi connectivity index (χ3n) is 10.1. The lowest BCUT2D eigenvalue weighted by molar-refractivity contribution is 0.0972. The number of hydrogen-bond acceptors (Lipinski definition) is 9. The molecule has 0 aliphatic carbocycles. The molecule has 5 aromatic rings. The number of ether oxygens (including phenoxy) is 2. The van der Waals surface area contributed by atoms with Gasteiger partial charge in [-0.2, -0.15) is 0 Å². The molecule has 0 unspecified atom stereocenters. The number of sulfonamides is 1. The maximum absolute atomic E-state index is 13.8. The highest BCUT2D eigenvalue weighted by molar-refractivity contribution is 7.92. The van der Waals surface area contributed by atoms with Crippen LogP contribution in [0.15, 0.2) is 72.9 Å². The molecular weight excluding hydrogens is 727 g/mol. The molecular formula is C44H51N5O6S. The Kier molecular flexibility index (Phi) is 12.1. The zero-order valence-electron chi connectivity index (χ0n) is 33.3. The standard InChI is InChI=1S/C44H51N5O6S/c1-28-12-14-31(43(51)47-37-25-33(44(2,3)4)26-38(42(37)55-6)48-56(7,52)53)24-35(28)30-15-17-36-32(23-30)27-45-41(46-36)22-29-13-16-34(40(21-29)54-5)39(50)11-10-20-49-18-8-9-19-49/h12-17,21,23-27,48H,8-11,18-20,22H2,1-7H3,(H,47,51). The Hall–Kier alpha value is -5.33. The van der Waals surface area contributed by atoms with Crippen LogP contribution in [-0.4, -0.2) is 75.1 Å². The summed E-state index contributed by atoms with van der Waals surface area (Å²) in [5.41, 5.74) is 6.57. The van der Waals surface area contributed by atoms with E-state index in [9.17, 15) is 18.0 Å². The van der Waals surface area contributed by atoms with E-state index in [0.717, 1.165) is 71.0 Å². The summed E-state index contributed by atoms with van der Waals surface area (Å²) >= 11 is 0. The molecule has 1 amide bonds. The Bertz CT molecular complexity index is 2380. The molecule has 0 atom stereocenters. The van der Waals surface area contributed by atoms with E-state index >= 15 is 0 Å². The van der Waals surface area contributed by atoms with Crippen LogP contribution in [0.4, 0.5) is 11.4 Å². The number of carbonyl (C=O) groups is 2. The normalized spacial score (nSPS) is 13.5. The van der Waals surface area contributed by atoms with Crippen molar-refractivity contribution in [3.05, 3.63) is 107 Å². The minimum absolute atomic E-state index is 0.0935. The van der Waals surface area contributed by atoms with Crippen molar-refractivity contribution in [1.29, 1.82) is 0 Å². The van der Waals surface area contributed by atoms with E-state index in [4.69, 9.17) is 14.5 Å². The lowest BCUT2D eigenvalue weighted by Crippen LogP contribution is -2.21. The monoisotopic (exact) mass is 777 g/mol. The fourth-order valence-corrected chi connectivity index (χ4v) is 7.66. The maximum Gasteiger partial charge on any atom is 0.255 e. The number of amides is 1. The van der Waals surface area contributed by atoms with Gasteiger partial charge in [0.25, 0.3) is 5.91 Å². The number of aryl methyl sites for hydroxylation is 1. The smallest absolute Gasteiger partial charge is 0.255 e. The van der Waals surface area contributed by atoms with Gasteiger partial charge in [0.05, 0.1) is 42.9 Å². The van der Waals surface area contributed by atoms with Gasteiger partial charge in [-0.15, -0.1) is 0 Å². The first kappa shape index (κ1) is 40.3. The molecule has 2 heterocycles. The number of fused-ring (bicyclic) bond motifs is 1. The quantitative estimate of drug-likeness (QED) is 0.107. The van der Waals surface area contributed by atoms with Crippen molar-refractivity contribution in [2.24, 2.45) is 0 Å². The van der Waals surface area contributed by atoms with Crippen molar-refractivity contribution >= 4 is 44.0 Å². The number of methoxy groups -OCH3 is 2. The van der Waals surface area contributed by atoms with Crippen molar-refractivity contribution in [2.45, 2.75) is 65.2 Å². The lowest BCUT2D eigenvalue weighted by atomic mass is 9.86. The molecule has 0 bridgehead atoms. The van der Waals surface area contributed by atoms with Gasteiger partial charge >= 0.3 is 0 Å². The Morgan fingerprint density at radius 3 is 2.36 bits per heavy atom. The number of likely N-dealkylation sites (tertiary alicyclic amines) is 1. The highest BCUT2D eigenvalue weighted by Crippen LogP contribution is 2.39. The van der Waals surface area contributed by atoms with Gasteiger partial charge in [-0.3, -0.25) is 14.3 Å². The molecule has 0 spiro atoms. The zero-order valence-corrected chi connectivity index (χ0v) is 34.1. The van der Waals surface area contributed by atoms with Crippen LogP contribution < -0.4 is 19.5 Å². The number of rotatable bonds is 14. The van der Waals surface area contributed by atoms with Crippen molar-refractivity contribution in [3.8, 4) is 22.6 Å². The van der Waals surface area contributed by atoms with Gasteiger partial charge in [0.15, 0.2) is 11.5 Å². The van der Waals surface area contributed by atoms with Crippen LogP contribution in [-0.2, 0) is 21.9 Å². The van der Waals surface area contributed by atoms with Gasteiger partial charge < -0.3 is 19.7 Å². The molecule has 12 heteroatoms. The highest BCUT2D eigenvalue weighted by Gasteiger charge is 2.23. The predicted molar refractivity (Wildman–Crippen MR) is 223 cm³/mol. The number of ketones is 1. The van der Waals surface area contributed by atoms with E-state index in [1.807, 2.05) is 76.2 Å². The second-order valence-corrected chi connectivity index (χ2v) is 17.3. The summed E-state index contributed by atoms with van der Waals surface area (Å²) in [4.78, 5) is 38.7. The first-order valence-electron chi connectivity index (χ1n) is 18.9. The van der Waals surface area contributed by atoms with Crippen LogP contribution in [0.1, 0.15) is 89.7 Å². The van der Waals surface area contributed by atoms with E-state index in [1.54, 1.807) is 31.5 Å². The van der Waals surface area contributed by atoms with Crippen molar-refractivity contribution in [3.63, 3.8) is 0 Å². The molecule has 2 N–H and O–H groups in total. The largest absolute Gasteiger partial charge is 0.496 e. The predicted octanol–water partition coefficient (Wildman–Crippen LogP) is 8.19. The molecule has 1 aromatic heterocycles. The summed E-state index contributed by atoms with van der Waals surface area (Å²) in [5, 5.41) is 3.81. The molecule has 1 aliphatic rings. The highest BCUT2D eigenvalue weighted by atomic mass is 32.2. The molecule has 0 saturated carbocycles. The Labute approximate surface area is 329 Å². The lowest BCUT2D eigenvalue weighted by Gasteiger charge is -2.24. The van der Waals surface area contributed by atoms with E-state index in [2.05, 4.69) is 19.9 Å². The molecule has 56 heavy (non-hydrogen) atoms. The molecule has 294 valence electrons. The summed E-state index contributed by atoms with van der Waals surface area (Å²) in [6, 6.07) is 20.7. The van der Waals surface area contributed by atoms with E-state index in [1.165, 1.54) is 20.0 Å². The summed E-state index contributed by atoms with van der Waals surface area (Å²) in [5.74, 6) is 1.14. The van der Waals surface area contributed by atoms with Gasteiger partial charge in [0, 0.05) is 30.0 Å². The van der Waals surface area contributed by atoms with Crippen molar-refractivity contribution in [1.82, 2.24) is 14.9 Å². The van der Waals surface area contributed by atoms with Crippen LogP contribution in [0.2, 0.25) is 0 Å². The molecule has 1 fully saturated rings. The fraction of sp³-hybridized carbons (Fsp3) is 0.364. The first-order valence-corrected chi connectivity index (χ1v) is 20.8. The van der Waals surface area contributed by atoms with Crippen LogP contribution in [0.3, 0.4) is 0 Å². The van der Waals surface area contributed by atoms with Gasteiger partial charge in [-0.05, 0) is 128 Å². The second-order valence-electron chi connectivity index (χ2n) is 15.6. The van der Waals surface area contributed by atoms with Gasteiger partial charge in [-0.1, -0.05) is 39.0 Å². The molecule has 4 aromatic carbocycles. The number of nitrogens with one attached hydrogen (secondary N) is 2. The minimum atomic E-state index is -3.62. The Morgan fingerprint density at radius 1 is 0.911 bits per heavy atom. The van der Waals surface area contributed by atoms with Gasteiger partial charge in [0.1, 0.15) is 11.6 Å². The third kappa shape index (κ3) is 9.72. The summed E-state index contributed by atoms with van der Waals surface area (Å²) in [6.45, 7) is 11.2. The molecule has 1 aliphatic heterocycles. The van der Waals surface area contributed by atoms with Crippen LogP contribution in [0, 0.1) is 6.92 Å². The molecule has 6 rings (SSSR count). The first-order chi connectivity index (χ1) is 26.6. The Balaban J connectivity index is 1.19. The van der Waals surface area contributed by atoms with E-state index in [-0.39, 0.29) is 28.5 Å². The molecule has 1 saturated heterocycles. The Morgan fingerprint density at radius 2 is 1.66 bits per heavy atom. The summed E-state index contributed by atoms with van der Waals surface area (Å²) in [7, 11) is -0.599. The number of benzene rings is 4. The number of hydrogen-bond donors (Lipinski definition) is 2. The van der Waals surface area contributed by atoms with E-state index < -0.39 is 10.0 Å². The summed E-state index contributed by atoms with van der Waals surface area (Å²) < 4.78 is 38.1. The second kappa shape index (κ2) is 16.8. The number of aromatic nitrogens is 2. The average molecular weight is 778 g/mol. The molecule has 11 nitrogen and oxygen atoms in total. The van der Waals surface area contributed by atoms with Crippen LogP contribution in [0.5, 0.6) is 11.5 Å². The van der Waals surface area contributed by atoms with Crippen molar-refractivity contribution < 1.29 is 27.5 Å². The third-order valence-corrected chi connectivity index (χ3v) is 10.7. The van der Waals surface area contributed by atoms with Gasteiger partial charge in [0.2, 0.25) is 10.0 Å². The van der Waals surface area contributed by atoms with Crippen LogP contribution in [0.25, 0.3) is 22.0 Å². The topological polar surface area (TPSA) is 140 Å².